The van der Waals surface area contributed by atoms with Crippen LogP contribution in [0.5, 0.6) is 0 Å². The second kappa shape index (κ2) is 7.99. The fourth-order valence-corrected chi connectivity index (χ4v) is 2.49. The molecule has 3 rings (SSSR count). The average molecular weight is 386 g/mol. The van der Waals surface area contributed by atoms with Crippen molar-refractivity contribution in [1.29, 1.82) is 0 Å². The molecule has 0 aliphatic heterocycles. The van der Waals surface area contributed by atoms with Crippen LogP contribution in [0.15, 0.2) is 67.0 Å². The number of carbonyl (C=O) groups excluding carboxylic acids is 2. The largest absolute Gasteiger partial charge is 0.322 e. The van der Waals surface area contributed by atoms with Crippen molar-refractivity contribution in [1.82, 2.24) is 4.98 Å². The number of para-hydroxylation sites is 1. The topological polar surface area (TPSA) is 71.1 Å². The number of amides is 2. The second-order valence-corrected chi connectivity index (χ2v) is 6.20. The molecule has 7 heteroatoms. The highest BCUT2D eigenvalue weighted by Crippen LogP contribution is 2.21. The van der Waals surface area contributed by atoms with E-state index in [0.29, 0.717) is 21.4 Å². The summed E-state index contributed by atoms with van der Waals surface area (Å²) in [5.74, 6) is -0.793. The summed E-state index contributed by atoms with van der Waals surface area (Å²) in [6.45, 7) is 0. The minimum atomic E-state index is -0.410. The highest BCUT2D eigenvalue weighted by Gasteiger charge is 2.13. The Morgan fingerprint density at radius 3 is 2.08 bits per heavy atom. The molecular formula is C19H13Cl2N3O2. The van der Waals surface area contributed by atoms with Crippen LogP contribution in [-0.4, -0.2) is 16.8 Å². The van der Waals surface area contributed by atoms with E-state index in [1.807, 2.05) is 0 Å². The summed E-state index contributed by atoms with van der Waals surface area (Å²) in [6, 6.07) is 15.0. The van der Waals surface area contributed by atoms with E-state index < -0.39 is 5.91 Å². The molecule has 2 amide bonds. The predicted octanol–water partition coefficient (Wildman–Crippen LogP) is 4.89. The Morgan fingerprint density at radius 1 is 0.808 bits per heavy atom. The molecule has 130 valence electrons. The van der Waals surface area contributed by atoms with E-state index in [4.69, 9.17) is 23.2 Å². The lowest BCUT2D eigenvalue weighted by Crippen LogP contribution is -2.16. The van der Waals surface area contributed by atoms with Crippen LogP contribution < -0.4 is 10.6 Å². The van der Waals surface area contributed by atoms with Crippen molar-refractivity contribution < 1.29 is 9.59 Å². The van der Waals surface area contributed by atoms with Crippen molar-refractivity contribution in [2.45, 2.75) is 0 Å². The quantitative estimate of drug-likeness (QED) is 0.671. The molecular weight excluding hydrogens is 373 g/mol. The Bertz CT molecular complexity index is 959. The lowest BCUT2D eigenvalue weighted by Gasteiger charge is -2.08. The first-order valence-electron chi connectivity index (χ1n) is 7.61. The number of hydrogen-bond acceptors (Lipinski definition) is 3. The highest BCUT2D eigenvalue weighted by atomic mass is 35.5. The normalized spacial score (nSPS) is 10.2. The lowest BCUT2D eigenvalue weighted by atomic mass is 10.1. The number of halogens is 2. The van der Waals surface area contributed by atoms with Gasteiger partial charge in [0, 0.05) is 23.1 Å². The zero-order valence-corrected chi connectivity index (χ0v) is 14.9. The van der Waals surface area contributed by atoms with Crippen molar-refractivity contribution in [3.63, 3.8) is 0 Å². The summed E-state index contributed by atoms with van der Waals surface area (Å²) in [6.07, 6.45) is 2.77. The zero-order chi connectivity index (χ0) is 18.5. The number of nitrogens with one attached hydrogen (secondary N) is 2. The first-order chi connectivity index (χ1) is 12.5. The molecule has 26 heavy (non-hydrogen) atoms. The number of aromatic nitrogens is 1. The van der Waals surface area contributed by atoms with Crippen LogP contribution in [0.2, 0.25) is 10.0 Å². The first-order valence-corrected chi connectivity index (χ1v) is 8.36. The van der Waals surface area contributed by atoms with E-state index in [-0.39, 0.29) is 17.0 Å². The van der Waals surface area contributed by atoms with Crippen molar-refractivity contribution in [3.8, 4) is 0 Å². The number of rotatable bonds is 4. The van der Waals surface area contributed by atoms with Crippen LogP contribution in [0.1, 0.15) is 20.7 Å². The monoisotopic (exact) mass is 385 g/mol. The third-order valence-electron chi connectivity index (χ3n) is 3.49. The number of carbonyl (C=O) groups is 2. The predicted molar refractivity (Wildman–Crippen MR) is 103 cm³/mol. The summed E-state index contributed by atoms with van der Waals surface area (Å²) in [5, 5.41) is 6.41. The maximum Gasteiger partial charge on any atom is 0.257 e. The summed E-state index contributed by atoms with van der Waals surface area (Å²) in [5.41, 5.74) is 1.57. The Morgan fingerprint density at radius 2 is 1.42 bits per heavy atom. The van der Waals surface area contributed by atoms with E-state index in [9.17, 15) is 9.59 Å². The molecule has 3 aromatic rings. The molecule has 0 fully saturated rings. The van der Waals surface area contributed by atoms with Gasteiger partial charge in [0.2, 0.25) is 0 Å². The molecule has 1 heterocycles. The van der Waals surface area contributed by atoms with Gasteiger partial charge in [0.15, 0.2) is 0 Å². The van der Waals surface area contributed by atoms with Gasteiger partial charge in [-0.05, 0) is 42.5 Å². The number of anilines is 2. The van der Waals surface area contributed by atoms with Crippen LogP contribution in [0.4, 0.5) is 11.4 Å². The van der Waals surface area contributed by atoms with Gasteiger partial charge in [0.05, 0.1) is 21.8 Å². The van der Waals surface area contributed by atoms with Crippen molar-refractivity contribution in [2.75, 3.05) is 10.6 Å². The molecule has 0 aliphatic carbocycles. The average Bonchev–Trinajstić information content (AvgIpc) is 2.65. The summed E-state index contributed by atoms with van der Waals surface area (Å²) < 4.78 is 0. The molecule has 2 N–H and O–H groups in total. The van der Waals surface area contributed by atoms with Gasteiger partial charge in [-0.1, -0.05) is 35.3 Å². The Kier molecular flexibility index (Phi) is 5.51. The van der Waals surface area contributed by atoms with Crippen LogP contribution in [0.3, 0.4) is 0 Å². The van der Waals surface area contributed by atoms with Crippen LogP contribution in [0, 0.1) is 0 Å². The smallest absolute Gasteiger partial charge is 0.257 e. The van der Waals surface area contributed by atoms with Crippen molar-refractivity contribution in [3.05, 3.63) is 88.2 Å². The molecule has 1 aromatic heterocycles. The summed E-state index contributed by atoms with van der Waals surface area (Å²) >= 11 is 11.9. The SMILES string of the molecule is O=C(Nc1ccc(Cl)cc1)c1cncc(C(=O)Nc2ccccc2Cl)c1. The van der Waals surface area contributed by atoms with Crippen LogP contribution in [-0.2, 0) is 0 Å². The van der Waals surface area contributed by atoms with Gasteiger partial charge >= 0.3 is 0 Å². The number of benzene rings is 2. The third kappa shape index (κ3) is 4.39. The van der Waals surface area contributed by atoms with E-state index in [1.165, 1.54) is 18.5 Å². The Balaban J connectivity index is 1.75. The molecule has 0 atom stereocenters. The lowest BCUT2D eigenvalue weighted by molar-refractivity contribution is 0.102. The standard InChI is InChI=1S/C19H13Cl2N3O2/c20-14-5-7-15(8-6-14)23-18(25)12-9-13(11-22-10-12)19(26)24-17-4-2-1-3-16(17)21/h1-11H,(H,23,25)(H,24,26). The molecule has 0 spiro atoms. The highest BCUT2D eigenvalue weighted by molar-refractivity contribution is 6.34. The van der Waals surface area contributed by atoms with Gasteiger partial charge in [-0.15, -0.1) is 0 Å². The second-order valence-electron chi connectivity index (χ2n) is 5.36. The van der Waals surface area contributed by atoms with Gasteiger partial charge in [0.25, 0.3) is 11.8 Å². The maximum atomic E-state index is 12.4. The zero-order valence-electron chi connectivity index (χ0n) is 13.4. The molecule has 5 nitrogen and oxygen atoms in total. The Labute approximate surface area is 160 Å². The minimum Gasteiger partial charge on any atom is -0.322 e. The molecule has 0 aliphatic rings. The van der Waals surface area contributed by atoms with E-state index >= 15 is 0 Å². The molecule has 0 unspecified atom stereocenters. The van der Waals surface area contributed by atoms with Crippen molar-refractivity contribution >= 4 is 46.4 Å². The summed E-state index contributed by atoms with van der Waals surface area (Å²) in [7, 11) is 0. The van der Waals surface area contributed by atoms with Crippen LogP contribution in [0.25, 0.3) is 0 Å². The third-order valence-corrected chi connectivity index (χ3v) is 4.07. The number of hydrogen-bond donors (Lipinski definition) is 2. The number of nitrogens with zero attached hydrogens (tertiary/aromatic N) is 1. The number of pyridine rings is 1. The molecule has 0 bridgehead atoms. The van der Waals surface area contributed by atoms with Gasteiger partial charge in [-0.25, -0.2) is 0 Å². The van der Waals surface area contributed by atoms with Gasteiger partial charge in [0.1, 0.15) is 0 Å². The van der Waals surface area contributed by atoms with E-state index in [0.717, 1.165) is 0 Å². The fourth-order valence-electron chi connectivity index (χ4n) is 2.18. The van der Waals surface area contributed by atoms with E-state index in [1.54, 1.807) is 48.5 Å². The van der Waals surface area contributed by atoms with Gasteiger partial charge in [-0.2, -0.15) is 0 Å². The minimum absolute atomic E-state index is 0.244. The molecule has 2 aromatic carbocycles. The molecule has 0 saturated carbocycles. The van der Waals surface area contributed by atoms with E-state index in [2.05, 4.69) is 15.6 Å². The fraction of sp³-hybridized carbons (Fsp3) is 0. The van der Waals surface area contributed by atoms with Crippen LogP contribution >= 0.6 is 23.2 Å². The Hall–Kier alpha value is -2.89. The van der Waals surface area contributed by atoms with Gasteiger partial charge in [-0.3, -0.25) is 14.6 Å². The first kappa shape index (κ1) is 17.9. The molecule has 0 radical (unpaired) electrons. The molecule has 0 saturated heterocycles. The van der Waals surface area contributed by atoms with Gasteiger partial charge < -0.3 is 10.6 Å². The maximum absolute atomic E-state index is 12.4. The van der Waals surface area contributed by atoms with Crippen molar-refractivity contribution in [2.24, 2.45) is 0 Å². The summed E-state index contributed by atoms with van der Waals surface area (Å²) in [4.78, 5) is 28.7.